The van der Waals surface area contributed by atoms with E-state index in [1.54, 1.807) is 0 Å². The van der Waals surface area contributed by atoms with Gasteiger partial charge in [0.25, 0.3) is 0 Å². The van der Waals surface area contributed by atoms with Gasteiger partial charge in [-0.3, -0.25) is 4.79 Å². The van der Waals surface area contributed by atoms with Crippen LogP contribution < -0.4 is 5.32 Å². The number of piperidine rings is 1. The highest BCUT2D eigenvalue weighted by Gasteiger charge is 2.29. The Morgan fingerprint density at radius 3 is 2.76 bits per heavy atom. The number of rotatable bonds is 6. The number of ether oxygens (including phenoxy) is 1. The average molecular weight is 242 g/mol. The van der Waals surface area contributed by atoms with E-state index in [4.69, 9.17) is 4.74 Å². The summed E-state index contributed by atoms with van der Waals surface area (Å²) in [5.41, 5.74) is 0. The monoisotopic (exact) mass is 242 g/mol. The Labute approximate surface area is 105 Å². The molecule has 0 aromatic carbocycles. The summed E-state index contributed by atoms with van der Waals surface area (Å²) in [6, 6.07) is 0.571. The molecule has 1 heterocycles. The van der Waals surface area contributed by atoms with Crippen molar-refractivity contribution < 1.29 is 9.53 Å². The molecule has 1 saturated heterocycles. The maximum Gasteiger partial charge on any atom is 0.248 e. The summed E-state index contributed by atoms with van der Waals surface area (Å²) in [5.74, 6) is 0.717. The number of hydrogen-bond acceptors (Lipinski definition) is 3. The first-order valence-electron chi connectivity index (χ1n) is 6.81. The number of amides is 1. The first-order chi connectivity index (χ1) is 8.22. The molecule has 1 aliphatic heterocycles. The molecule has 0 bridgehead atoms. The Bertz CT molecular complexity index is 233. The van der Waals surface area contributed by atoms with Crippen LogP contribution in [-0.4, -0.2) is 49.7 Å². The highest BCUT2D eigenvalue weighted by Crippen LogP contribution is 2.20. The van der Waals surface area contributed by atoms with Gasteiger partial charge in [-0.15, -0.1) is 0 Å². The van der Waals surface area contributed by atoms with Crippen molar-refractivity contribution in [3.8, 4) is 0 Å². The number of likely N-dealkylation sites (tertiary alicyclic amines) is 1. The minimum Gasteiger partial charge on any atom is -0.372 e. The fourth-order valence-corrected chi connectivity index (χ4v) is 2.48. The van der Waals surface area contributed by atoms with Crippen LogP contribution in [0.3, 0.4) is 0 Å². The minimum atomic E-state index is 0.139. The van der Waals surface area contributed by atoms with Crippen LogP contribution in [0.25, 0.3) is 0 Å². The minimum absolute atomic E-state index is 0.139. The molecule has 0 spiro atoms. The quantitative estimate of drug-likeness (QED) is 0.762. The predicted molar refractivity (Wildman–Crippen MR) is 68.9 cm³/mol. The van der Waals surface area contributed by atoms with Gasteiger partial charge in [0.2, 0.25) is 5.91 Å². The fourth-order valence-electron chi connectivity index (χ4n) is 2.48. The van der Waals surface area contributed by atoms with Gasteiger partial charge in [0.15, 0.2) is 0 Å². The summed E-state index contributed by atoms with van der Waals surface area (Å²) in [7, 11) is 0. The average Bonchev–Trinajstić information content (AvgIpc) is 2.36. The second-order valence-corrected chi connectivity index (χ2v) is 4.60. The molecule has 17 heavy (non-hydrogen) atoms. The van der Waals surface area contributed by atoms with Crippen molar-refractivity contribution in [2.45, 2.75) is 39.7 Å². The Morgan fingerprint density at radius 2 is 2.18 bits per heavy atom. The van der Waals surface area contributed by atoms with Crippen LogP contribution in [0.4, 0.5) is 0 Å². The van der Waals surface area contributed by atoms with Crippen LogP contribution in [-0.2, 0) is 9.53 Å². The zero-order valence-electron chi connectivity index (χ0n) is 11.4. The molecule has 4 nitrogen and oxygen atoms in total. The van der Waals surface area contributed by atoms with Crippen molar-refractivity contribution in [3.05, 3.63) is 0 Å². The van der Waals surface area contributed by atoms with Crippen molar-refractivity contribution in [1.29, 1.82) is 0 Å². The Kier molecular flexibility index (Phi) is 6.52. The van der Waals surface area contributed by atoms with E-state index in [2.05, 4.69) is 19.2 Å². The topological polar surface area (TPSA) is 41.6 Å². The molecule has 0 radical (unpaired) electrons. The van der Waals surface area contributed by atoms with Crippen LogP contribution in [0.15, 0.2) is 0 Å². The van der Waals surface area contributed by atoms with Crippen molar-refractivity contribution in [2.24, 2.45) is 5.92 Å². The van der Waals surface area contributed by atoms with Gasteiger partial charge in [0, 0.05) is 25.7 Å². The lowest BCUT2D eigenvalue weighted by Gasteiger charge is -2.38. The molecule has 0 aromatic heterocycles. The Balaban J connectivity index is 2.44. The van der Waals surface area contributed by atoms with Crippen LogP contribution in [0.5, 0.6) is 0 Å². The molecular formula is C13H26N2O2. The smallest absolute Gasteiger partial charge is 0.248 e. The third-order valence-corrected chi connectivity index (χ3v) is 3.51. The zero-order valence-corrected chi connectivity index (χ0v) is 11.4. The Morgan fingerprint density at radius 1 is 1.41 bits per heavy atom. The molecule has 4 heteroatoms. The van der Waals surface area contributed by atoms with Crippen molar-refractivity contribution >= 4 is 5.91 Å². The third kappa shape index (κ3) is 4.28. The summed E-state index contributed by atoms with van der Waals surface area (Å²) >= 11 is 0. The lowest BCUT2D eigenvalue weighted by molar-refractivity contribution is -0.138. The molecule has 0 aromatic rings. The SMILES string of the molecule is CCNC1CCN(C(=O)COCC)CC1CC. The van der Waals surface area contributed by atoms with Gasteiger partial charge in [0.1, 0.15) is 6.61 Å². The number of nitrogens with zero attached hydrogens (tertiary/aromatic N) is 1. The molecule has 1 aliphatic rings. The molecule has 1 fully saturated rings. The summed E-state index contributed by atoms with van der Waals surface area (Å²) in [6.07, 6.45) is 2.18. The van der Waals surface area contributed by atoms with E-state index < -0.39 is 0 Å². The van der Waals surface area contributed by atoms with E-state index >= 15 is 0 Å². The van der Waals surface area contributed by atoms with Gasteiger partial charge < -0.3 is 15.0 Å². The van der Waals surface area contributed by atoms with E-state index in [1.807, 2.05) is 11.8 Å². The van der Waals surface area contributed by atoms with Crippen molar-refractivity contribution in [3.63, 3.8) is 0 Å². The van der Waals surface area contributed by atoms with Crippen LogP contribution in [0, 0.1) is 5.92 Å². The normalized spacial score (nSPS) is 25.0. The van der Waals surface area contributed by atoms with Crippen molar-refractivity contribution in [1.82, 2.24) is 10.2 Å². The summed E-state index contributed by atoms with van der Waals surface area (Å²) in [5, 5.41) is 3.52. The second kappa shape index (κ2) is 7.67. The Hall–Kier alpha value is -0.610. The molecule has 100 valence electrons. The maximum absolute atomic E-state index is 11.9. The van der Waals surface area contributed by atoms with E-state index in [1.165, 1.54) is 0 Å². The van der Waals surface area contributed by atoms with Gasteiger partial charge in [-0.2, -0.15) is 0 Å². The molecule has 2 atom stereocenters. The van der Waals surface area contributed by atoms with Gasteiger partial charge in [-0.1, -0.05) is 20.3 Å². The van der Waals surface area contributed by atoms with Crippen LogP contribution in [0.1, 0.15) is 33.6 Å². The predicted octanol–water partition coefficient (Wildman–Crippen LogP) is 1.26. The van der Waals surface area contributed by atoms with Gasteiger partial charge in [-0.25, -0.2) is 0 Å². The molecular weight excluding hydrogens is 216 g/mol. The summed E-state index contributed by atoms with van der Waals surface area (Å²) in [4.78, 5) is 13.8. The molecule has 1 N–H and O–H groups in total. The summed E-state index contributed by atoms with van der Waals surface area (Å²) < 4.78 is 5.18. The molecule has 0 aliphatic carbocycles. The van der Waals surface area contributed by atoms with Crippen molar-refractivity contribution in [2.75, 3.05) is 32.8 Å². The van der Waals surface area contributed by atoms with Gasteiger partial charge >= 0.3 is 0 Å². The molecule has 1 amide bonds. The lowest BCUT2D eigenvalue weighted by Crippen LogP contribution is -2.51. The summed E-state index contributed by atoms with van der Waals surface area (Å²) in [6.45, 7) is 9.84. The number of carbonyl (C=O) groups is 1. The van der Waals surface area contributed by atoms with Gasteiger partial charge in [0.05, 0.1) is 0 Å². The van der Waals surface area contributed by atoms with E-state index in [0.717, 1.165) is 32.5 Å². The fraction of sp³-hybridized carbons (Fsp3) is 0.923. The van der Waals surface area contributed by atoms with Crippen LogP contribution >= 0.6 is 0 Å². The molecule has 1 rings (SSSR count). The first-order valence-corrected chi connectivity index (χ1v) is 6.81. The largest absolute Gasteiger partial charge is 0.372 e. The maximum atomic E-state index is 11.9. The van der Waals surface area contributed by atoms with Gasteiger partial charge in [-0.05, 0) is 25.8 Å². The number of hydrogen-bond donors (Lipinski definition) is 1. The highest BCUT2D eigenvalue weighted by atomic mass is 16.5. The second-order valence-electron chi connectivity index (χ2n) is 4.60. The number of nitrogens with one attached hydrogen (secondary N) is 1. The number of carbonyl (C=O) groups excluding carboxylic acids is 1. The van der Waals surface area contributed by atoms with E-state index in [9.17, 15) is 4.79 Å². The standard InChI is InChI=1S/C13H26N2O2/c1-4-11-9-15(13(16)10-17-6-3)8-7-12(11)14-5-2/h11-12,14H,4-10H2,1-3H3. The highest BCUT2D eigenvalue weighted by molar-refractivity contribution is 5.77. The van der Waals surface area contributed by atoms with E-state index in [0.29, 0.717) is 18.6 Å². The molecule has 0 saturated carbocycles. The first kappa shape index (κ1) is 14.5. The third-order valence-electron chi connectivity index (χ3n) is 3.51. The lowest BCUT2D eigenvalue weighted by atomic mass is 9.90. The molecule has 2 unspecified atom stereocenters. The van der Waals surface area contributed by atoms with Crippen LogP contribution in [0.2, 0.25) is 0 Å². The van der Waals surface area contributed by atoms with E-state index in [-0.39, 0.29) is 12.5 Å². The zero-order chi connectivity index (χ0) is 12.7.